The van der Waals surface area contributed by atoms with Gasteiger partial charge < -0.3 is 5.32 Å². The summed E-state index contributed by atoms with van der Waals surface area (Å²) in [5.41, 5.74) is 2.84. The molecule has 3 nitrogen and oxygen atoms in total. The summed E-state index contributed by atoms with van der Waals surface area (Å²) in [7, 11) is 1.88. The van der Waals surface area contributed by atoms with E-state index in [1.165, 1.54) is 6.07 Å². The SMILES string of the molecule is Cc1nn(C)cc1NC(C)c1cccc(F)c1. The van der Waals surface area contributed by atoms with E-state index in [4.69, 9.17) is 0 Å². The van der Waals surface area contributed by atoms with Crippen molar-refractivity contribution in [2.75, 3.05) is 5.32 Å². The number of benzene rings is 1. The maximum absolute atomic E-state index is 13.1. The zero-order valence-electron chi connectivity index (χ0n) is 10.2. The van der Waals surface area contributed by atoms with Gasteiger partial charge >= 0.3 is 0 Å². The molecule has 1 N–H and O–H groups in total. The Balaban J connectivity index is 2.16. The first kappa shape index (κ1) is 11.6. The lowest BCUT2D eigenvalue weighted by Crippen LogP contribution is -2.07. The van der Waals surface area contributed by atoms with Crippen LogP contribution < -0.4 is 5.32 Å². The summed E-state index contributed by atoms with van der Waals surface area (Å²) in [4.78, 5) is 0. The van der Waals surface area contributed by atoms with Gasteiger partial charge in [0, 0.05) is 19.3 Å². The van der Waals surface area contributed by atoms with Crippen LogP contribution in [-0.2, 0) is 7.05 Å². The van der Waals surface area contributed by atoms with Crippen molar-refractivity contribution in [1.29, 1.82) is 0 Å². The largest absolute Gasteiger partial charge is 0.376 e. The zero-order chi connectivity index (χ0) is 12.4. The minimum Gasteiger partial charge on any atom is -0.376 e. The maximum Gasteiger partial charge on any atom is 0.123 e. The molecule has 0 aliphatic rings. The average molecular weight is 233 g/mol. The summed E-state index contributed by atoms with van der Waals surface area (Å²) in [6.07, 6.45) is 1.92. The van der Waals surface area contributed by atoms with Crippen LogP contribution in [0.25, 0.3) is 0 Å². The molecule has 0 bridgehead atoms. The summed E-state index contributed by atoms with van der Waals surface area (Å²) in [5.74, 6) is -0.209. The first-order valence-corrected chi connectivity index (χ1v) is 5.58. The Bertz CT molecular complexity index is 519. The Kier molecular flexibility index (Phi) is 3.13. The molecule has 1 aromatic heterocycles. The van der Waals surface area contributed by atoms with Crippen LogP contribution in [0.2, 0.25) is 0 Å². The van der Waals surface area contributed by atoms with Crippen molar-refractivity contribution in [3.05, 3.63) is 47.5 Å². The second-order valence-corrected chi connectivity index (χ2v) is 4.22. The summed E-state index contributed by atoms with van der Waals surface area (Å²) in [5, 5.41) is 7.58. The fourth-order valence-corrected chi connectivity index (χ4v) is 1.83. The second kappa shape index (κ2) is 4.57. The van der Waals surface area contributed by atoms with E-state index in [0.29, 0.717) is 0 Å². The molecular formula is C13H16FN3. The van der Waals surface area contributed by atoms with Crippen molar-refractivity contribution in [1.82, 2.24) is 9.78 Å². The second-order valence-electron chi connectivity index (χ2n) is 4.22. The van der Waals surface area contributed by atoms with E-state index in [0.717, 1.165) is 16.9 Å². The lowest BCUT2D eigenvalue weighted by atomic mass is 10.1. The predicted molar refractivity (Wildman–Crippen MR) is 66.4 cm³/mol. The minimum absolute atomic E-state index is 0.0496. The molecule has 0 spiro atoms. The van der Waals surface area contributed by atoms with Crippen molar-refractivity contribution in [3.8, 4) is 0 Å². The summed E-state index contributed by atoms with van der Waals surface area (Å²) < 4.78 is 14.9. The number of hydrogen-bond acceptors (Lipinski definition) is 2. The first-order valence-electron chi connectivity index (χ1n) is 5.58. The Hall–Kier alpha value is -1.84. The molecular weight excluding hydrogens is 217 g/mol. The number of aromatic nitrogens is 2. The Labute approximate surface area is 100 Å². The lowest BCUT2D eigenvalue weighted by Gasteiger charge is -2.14. The molecule has 4 heteroatoms. The van der Waals surface area contributed by atoms with Gasteiger partial charge in [0.15, 0.2) is 0 Å². The average Bonchev–Trinajstić information content (AvgIpc) is 2.57. The van der Waals surface area contributed by atoms with Gasteiger partial charge in [0.1, 0.15) is 5.82 Å². The quantitative estimate of drug-likeness (QED) is 0.883. The lowest BCUT2D eigenvalue weighted by molar-refractivity contribution is 0.623. The number of nitrogens with zero attached hydrogens (tertiary/aromatic N) is 2. The molecule has 0 aliphatic heterocycles. The van der Waals surface area contributed by atoms with Crippen LogP contribution in [-0.4, -0.2) is 9.78 Å². The molecule has 17 heavy (non-hydrogen) atoms. The zero-order valence-corrected chi connectivity index (χ0v) is 10.2. The summed E-state index contributed by atoms with van der Waals surface area (Å²) in [6.45, 7) is 3.95. The van der Waals surface area contributed by atoms with Crippen molar-refractivity contribution in [3.63, 3.8) is 0 Å². The highest BCUT2D eigenvalue weighted by Gasteiger charge is 2.09. The van der Waals surface area contributed by atoms with Gasteiger partial charge in [-0.15, -0.1) is 0 Å². The molecule has 90 valence electrons. The van der Waals surface area contributed by atoms with Crippen molar-refractivity contribution >= 4 is 5.69 Å². The number of anilines is 1. The number of nitrogens with one attached hydrogen (secondary N) is 1. The van der Waals surface area contributed by atoms with Crippen LogP contribution in [0, 0.1) is 12.7 Å². The molecule has 0 fully saturated rings. The fourth-order valence-electron chi connectivity index (χ4n) is 1.83. The van der Waals surface area contributed by atoms with Crippen LogP contribution in [0.3, 0.4) is 0 Å². The molecule has 2 rings (SSSR count). The molecule has 0 aliphatic carbocycles. The van der Waals surface area contributed by atoms with E-state index in [9.17, 15) is 4.39 Å². The molecule has 1 atom stereocenters. The molecule has 0 saturated heterocycles. The molecule has 2 aromatic rings. The molecule has 0 amide bonds. The van der Waals surface area contributed by atoms with E-state index in [-0.39, 0.29) is 11.9 Å². The molecule has 0 saturated carbocycles. The minimum atomic E-state index is -0.209. The van der Waals surface area contributed by atoms with E-state index in [1.807, 2.05) is 33.2 Å². The van der Waals surface area contributed by atoms with Crippen LogP contribution in [0.4, 0.5) is 10.1 Å². The smallest absolute Gasteiger partial charge is 0.123 e. The third kappa shape index (κ3) is 2.64. The van der Waals surface area contributed by atoms with Gasteiger partial charge in [0.25, 0.3) is 0 Å². The van der Waals surface area contributed by atoms with Gasteiger partial charge in [-0.05, 0) is 31.5 Å². The van der Waals surface area contributed by atoms with Crippen LogP contribution in [0.5, 0.6) is 0 Å². The van der Waals surface area contributed by atoms with Gasteiger partial charge in [-0.1, -0.05) is 12.1 Å². The van der Waals surface area contributed by atoms with E-state index in [1.54, 1.807) is 16.8 Å². The fraction of sp³-hybridized carbons (Fsp3) is 0.308. The number of halogens is 1. The van der Waals surface area contributed by atoms with E-state index < -0.39 is 0 Å². The number of aryl methyl sites for hydroxylation is 2. The van der Waals surface area contributed by atoms with E-state index in [2.05, 4.69) is 10.4 Å². The summed E-state index contributed by atoms with van der Waals surface area (Å²) >= 11 is 0. The van der Waals surface area contributed by atoms with Gasteiger partial charge in [0.2, 0.25) is 0 Å². The number of hydrogen-bond donors (Lipinski definition) is 1. The maximum atomic E-state index is 13.1. The first-order chi connectivity index (χ1) is 8.06. The highest BCUT2D eigenvalue weighted by atomic mass is 19.1. The molecule has 1 unspecified atom stereocenters. The summed E-state index contributed by atoms with van der Waals surface area (Å²) in [6, 6.07) is 6.67. The molecule has 1 heterocycles. The van der Waals surface area contributed by atoms with Crippen molar-refractivity contribution in [2.24, 2.45) is 7.05 Å². The van der Waals surface area contributed by atoms with Crippen molar-refractivity contribution < 1.29 is 4.39 Å². The van der Waals surface area contributed by atoms with Crippen LogP contribution in [0.15, 0.2) is 30.5 Å². The number of rotatable bonds is 3. The topological polar surface area (TPSA) is 29.9 Å². The van der Waals surface area contributed by atoms with Gasteiger partial charge in [-0.25, -0.2) is 4.39 Å². The van der Waals surface area contributed by atoms with E-state index >= 15 is 0 Å². The Morgan fingerprint density at radius 3 is 2.76 bits per heavy atom. The highest BCUT2D eigenvalue weighted by molar-refractivity contribution is 5.47. The monoisotopic (exact) mass is 233 g/mol. The van der Waals surface area contributed by atoms with Crippen LogP contribution in [0.1, 0.15) is 24.2 Å². The van der Waals surface area contributed by atoms with Crippen LogP contribution >= 0.6 is 0 Å². The Morgan fingerprint density at radius 1 is 1.41 bits per heavy atom. The third-order valence-corrected chi connectivity index (χ3v) is 2.73. The standard InChI is InChI=1S/C13H16FN3/c1-9(11-5-4-6-12(14)7-11)15-13-8-17(3)16-10(13)2/h4-9,15H,1-3H3. The molecule has 0 radical (unpaired) electrons. The third-order valence-electron chi connectivity index (χ3n) is 2.73. The molecule has 1 aromatic carbocycles. The van der Waals surface area contributed by atoms with Gasteiger partial charge in [0.05, 0.1) is 11.4 Å². The van der Waals surface area contributed by atoms with Crippen molar-refractivity contribution in [2.45, 2.75) is 19.9 Å². The Morgan fingerprint density at radius 2 is 2.18 bits per heavy atom. The predicted octanol–water partition coefficient (Wildman–Crippen LogP) is 3.04. The highest BCUT2D eigenvalue weighted by Crippen LogP contribution is 2.21. The van der Waals surface area contributed by atoms with Gasteiger partial charge in [-0.2, -0.15) is 5.10 Å². The normalized spacial score (nSPS) is 12.5. The van der Waals surface area contributed by atoms with Gasteiger partial charge in [-0.3, -0.25) is 4.68 Å².